The third-order valence-corrected chi connectivity index (χ3v) is 4.91. The Hall–Kier alpha value is -1.72. The van der Waals surface area contributed by atoms with Crippen LogP contribution in [0.25, 0.3) is 0 Å². The van der Waals surface area contributed by atoms with Gasteiger partial charge in [-0.25, -0.2) is 4.98 Å². The predicted octanol–water partition coefficient (Wildman–Crippen LogP) is 2.12. The highest BCUT2D eigenvalue weighted by Gasteiger charge is 2.28. The number of rotatable bonds is 6. The Morgan fingerprint density at radius 2 is 2.09 bits per heavy atom. The van der Waals surface area contributed by atoms with E-state index < -0.39 is 0 Å². The molecule has 1 aliphatic heterocycles. The molecule has 124 valence electrons. The van der Waals surface area contributed by atoms with Gasteiger partial charge in [-0.15, -0.1) is 0 Å². The van der Waals surface area contributed by atoms with Crippen molar-refractivity contribution in [3.63, 3.8) is 0 Å². The summed E-state index contributed by atoms with van der Waals surface area (Å²) in [7, 11) is 2.24. The van der Waals surface area contributed by atoms with Crippen LogP contribution < -0.4 is 0 Å². The summed E-state index contributed by atoms with van der Waals surface area (Å²) in [4.78, 5) is 9.08. The molecule has 23 heavy (non-hydrogen) atoms. The van der Waals surface area contributed by atoms with Crippen LogP contribution in [0.1, 0.15) is 18.9 Å². The van der Waals surface area contributed by atoms with Gasteiger partial charge in [0, 0.05) is 25.7 Å². The molecule has 1 saturated heterocycles. The van der Waals surface area contributed by atoms with Crippen LogP contribution in [-0.2, 0) is 13.1 Å². The molecular formula is C18H27N5. The van der Waals surface area contributed by atoms with Gasteiger partial charge in [0.1, 0.15) is 12.7 Å². The summed E-state index contributed by atoms with van der Waals surface area (Å²) in [6.07, 6.45) is 4.63. The maximum atomic E-state index is 4.18. The summed E-state index contributed by atoms with van der Waals surface area (Å²) in [6.45, 7) is 7.74. The van der Waals surface area contributed by atoms with E-state index in [1.165, 1.54) is 25.1 Å². The summed E-state index contributed by atoms with van der Waals surface area (Å²) >= 11 is 0. The zero-order valence-electron chi connectivity index (χ0n) is 14.2. The third kappa shape index (κ3) is 4.39. The SMILES string of the molecule is C[C@@H]1CN(Cc2ccccc2)CC[C@@H]1N(C)CCn1cncn1. The molecule has 0 bridgehead atoms. The summed E-state index contributed by atoms with van der Waals surface area (Å²) in [5.74, 6) is 0.688. The van der Waals surface area contributed by atoms with Crippen LogP contribution >= 0.6 is 0 Å². The van der Waals surface area contributed by atoms with Gasteiger partial charge in [-0.05, 0) is 31.5 Å². The molecule has 0 radical (unpaired) electrons. The Labute approximate surface area is 138 Å². The van der Waals surface area contributed by atoms with E-state index in [2.05, 4.69) is 64.2 Å². The monoisotopic (exact) mass is 313 g/mol. The predicted molar refractivity (Wildman–Crippen MR) is 91.9 cm³/mol. The summed E-state index contributed by atoms with van der Waals surface area (Å²) < 4.78 is 1.91. The van der Waals surface area contributed by atoms with Gasteiger partial charge in [-0.2, -0.15) is 5.10 Å². The molecule has 5 nitrogen and oxygen atoms in total. The van der Waals surface area contributed by atoms with Gasteiger partial charge in [0.05, 0.1) is 6.54 Å². The first kappa shape index (κ1) is 16.1. The van der Waals surface area contributed by atoms with Crippen LogP contribution in [0.4, 0.5) is 0 Å². The normalized spacial score (nSPS) is 22.6. The number of piperidine rings is 1. The fourth-order valence-electron chi connectivity index (χ4n) is 3.63. The number of likely N-dealkylation sites (tertiary alicyclic amines) is 1. The number of benzene rings is 1. The molecule has 0 saturated carbocycles. The zero-order valence-corrected chi connectivity index (χ0v) is 14.2. The van der Waals surface area contributed by atoms with E-state index in [-0.39, 0.29) is 0 Å². The van der Waals surface area contributed by atoms with E-state index in [9.17, 15) is 0 Å². The van der Waals surface area contributed by atoms with Crippen LogP contribution in [0.2, 0.25) is 0 Å². The molecule has 1 aromatic carbocycles. The van der Waals surface area contributed by atoms with Crippen molar-refractivity contribution in [3.8, 4) is 0 Å². The van der Waals surface area contributed by atoms with Crippen molar-refractivity contribution in [1.82, 2.24) is 24.6 Å². The van der Waals surface area contributed by atoms with E-state index in [1.54, 1.807) is 12.7 Å². The Bertz CT molecular complexity index is 568. The first-order chi connectivity index (χ1) is 11.2. The lowest BCUT2D eigenvalue weighted by atomic mass is 9.92. The van der Waals surface area contributed by atoms with Gasteiger partial charge >= 0.3 is 0 Å². The minimum absolute atomic E-state index is 0.658. The van der Waals surface area contributed by atoms with Gasteiger partial charge in [0.15, 0.2) is 0 Å². The van der Waals surface area contributed by atoms with Crippen molar-refractivity contribution in [2.24, 2.45) is 5.92 Å². The summed E-state index contributed by atoms with van der Waals surface area (Å²) in [5, 5.41) is 4.18. The Morgan fingerprint density at radius 1 is 1.26 bits per heavy atom. The lowest BCUT2D eigenvalue weighted by Crippen LogP contribution is -2.49. The van der Waals surface area contributed by atoms with Crippen molar-refractivity contribution in [3.05, 3.63) is 48.5 Å². The summed E-state index contributed by atoms with van der Waals surface area (Å²) in [5.41, 5.74) is 1.41. The van der Waals surface area contributed by atoms with Gasteiger partial charge in [0.25, 0.3) is 0 Å². The largest absolute Gasteiger partial charge is 0.301 e. The van der Waals surface area contributed by atoms with Gasteiger partial charge in [-0.3, -0.25) is 9.58 Å². The maximum absolute atomic E-state index is 4.18. The quantitative estimate of drug-likeness (QED) is 0.819. The number of hydrogen-bond donors (Lipinski definition) is 0. The molecule has 0 amide bonds. The molecule has 0 unspecified atom stereocenters. The molecule has 3 rings (SSSR count). The van der Waals surface area contributed by atoms with E-state index in [0.717, 1.165) is 19.6 Å². The number of aromatic nitrogens is 3. The Morgan fingerprint density at radius 3 is 2.78 bits per heavy atom. The average molecular weight is 313 g/mol. The van der Waals surface area contributed by atoms with E-state index >= 15 is 0 Å². The number of hydrogen-bond acceptors (Lipinski definition) is 4. The highest BCUT2D eigenvalue weighted by Crippen LogP contribution is 2.22. The topological polar surface area (TPSA) is 37.2 Å². The Kier molecular flexibility index (Phi) is 5.41. The molecule has 2 heterocycles. The lowest BCUT2D eigenvalue weighted by Gasteiger charge is -2.41. The fraction of sp³-hybridized carbons (Fsp3) is 0.556. The van der Waals surface area contributed by atoms with Crippen molar-refractivity contribution in [1.29, 1.82) is 0 Å². The highest BCUT2D eigenvalue weighted by atomic mass is 15.3. The van der Waals surface area contributed by atoms with Crippen molar-refractivity contribution in [2.45, 2.75) is 32.5 Å². The molecule has 0 spiro atoms. The fourth-order valence-corrected chi connectivity index (χ4v) is 3.63. The molecule has 0 N–H and O–H groups in total. The third-order valence-electron chi connectivity index (χ3n) is 4.91. The zero-order chi connectivity index (χ0) is 16.1. The minimum atomic E-state index is 0.658. The van der Waals surface area contributed by atoms with Crippen LogP contribution in [0.5, 0.6) is 0 Å². The first-order valence-electron chi connectivity index (χ1n) is 8.51. The van der Waals surface area contributed by atoms with E-state index in [1.807, 2.05) is 4.68 Å². The maximum Gasteiger partial charge on any atom is 0.137 e. The van der Waals surface area contributed by atoms with Gasteiger partial charge in [0.2, 0.25) is 0 Å². The van der Waals surface area contributed by atoms with Crippen LogP contribution in [0.3, 0.4) is 0 Å². The lowest BCUT2D eigenvalue weighted by molar-refractivity contribution is 0.0734. The standard InChI is InChI=1S/C18H27N5/c1-16-12-22(13-17-6-4-3-5-7-17)9-8-18(16)21(2)10-11-23-15-19-14-20-23/h3-7,14-16,18H,8-13H2,1-2H3/t16-,18+/m1/s1. The second-order valence-electron chi connectivity index (χ2n) is 6.69. The minimum Gasteiger partial charge on any atom is -0.301 e. The van der Waals surface area contributed by atoms with Crippen LogP contribution in [0, 0.1) is 5.92 Å². The molecular weight excluding hydrogens is 286 g/mol. The van der Waals surface area contributed by atoms with Crippen LogP contribution in [0.15, 0.2) is 43.0 Å². The van der Waals surface area contributed by atoms with Gasteiger partial charge in [-0.1, -0.05) is 37.3 Å². The molecule has 2 atom stereocenters. The first-order valence-corrected chi connectivity index (χ1v) is 8.51. The number of likely N-dealkylation sites (N-methyl/N-ethyl adjacent to an activating group) is 1. The second-order valence-corrected chi connectivity index (χ2v) is 6.69. The van der Waals surface area contributed by atoms with E-state index in [0.29, 0.717) is 12.0 Å². The van der Waals surface area contributed by atoms with Crippen molar-refractivity contribution in [2.75, 3.05) is 26.7 Å². The average Bonchev–Trinajstić information content (AvgIpc) is 3.07. The molecule has 1 aromatic heterocycles. The summed E-state index contributed by atoms with van der Waals surface area (Å²) in [6, 6.07) is 11.4. The van der Waals surface area contributed by atoms with Crippen molar-refractivity contribution < 1.29 is 0 Å². The van der Waals surface area contributed by atoms with Crippen molar-refractivity contribution >= 4 is 0 Å². The molecule has 5 heteroatoms. The molecule has 1 aliphatic rings. The number of nitrogens with zero attached hydrogens (tertiary/aromatic N) is 5. The highest BCUT2D eigenvalue weighted by molar-refractivity contribution is 5.14. The Balaban J connectivity index is 1.48. The van der Waals surface area contributed by atoms with Gasteiger partial charge < -0.3 is 4.90 Å². The molecule has 1 fully saturated rings. The smallest absolute Gasteiger partial charge is 0.137 e. The van der Waals surface area contributed by atoms with E-state index in [4.69, 9.17) is 0 Å². The second kappa shape index (κ2) is 7.70. The molecule has 2 aromatic rings. The van der Waals surface area contributed by atoms with Crippen LogP contribution in [-0.4, -0.2) is 57.3 Å². The molecule has 0 aliphatic carbocycles.